The Morgan fingerprint density at radius 3 is 2.22 bits per heavy atom. The number of hydrogen-bond acceptors (Lipinski definition) is 6. The van der Waals surface area contributed by atoms with E-state index in [1.807, 2.05) is 43.0 Å². The van der Waals surface area contributed by atoms with E-state index in [9.17, 15) is 9.59 Å². The Bertz CT molecular complexity index is 1130. The largest absolute Gasteiger partial charge is 0.497 e. The fourth-order valence-corrected chi connectivity index (χ4v) is 3.74. The normalized spacial score (nSPS) is 13.4. The van der Waals surface area contributed by atoms with E-state index >= 15 is 0 Å². The van der Waals surface area contributed by atoms with Crippen molar-refractivity contribution in [1.29, 1.82) is 0 Å². The van der Waals surface area contributed by atoms with Crippen molar-refractivity contribution in [1.82, 2.24) is 14.9 Å². The van der Waals surface area contributed by atoms with E-state index in [2.05, 4.69) is 14.9 Å². The zero-order valence-electron chi connectivity index (χ0n) is 19.3. The van der Waals surface area contributed by atoms with Crippen molar-refractivity contribution < 1.29 is 14.3 Å². The number of carbonyl (C=O) groups excluding carboxylic acids is 1. The average Bonchev–Trinajstić information content (AvgIpc) is 2.84. The van der Waals surface area contributed by atoms with Crippen LogP contribution in [0, 0.1) is 0 Å². The van der Waals surface area contributed by atoms with Gasteiger partial charge in [0.05, 0.1) is 19.7 Å². The van der Waals surface area contributed by atoms with Gasteiger partial charge < -0.3 is 24.3 Å². The molecule has 32 heavy (non-hydrogen) atoms. The quantitative estimate of drug-likeness (QED) is 0.673. The molecule has 0 spiro atoms. The van der Waals surface area contributed by atoms with Crippen molar-refractivity contribution in [2.75, 3.05) is 45.3 Å². The Morgan fingerprint density at radius 1 is 1.00 bits per heavy atom. The molecule has 4 rings (SSSR count). The minimum absolute atomic E-state index is 0.115. The Balaban J connectivity index is 0.00000141. The Kier molecular flexibility index (Phi) is 7.35. The van der Waals surface area contributed by atoms with Gasteiger partial charge in [0, 0.05) is 56.5 Å². The number of methoxy groups -OCH3 is 2. The standard InChI is InChI=1S/C22H24N4O4.C2H6/c1-14(27)25-8-10-26(11-9-25)16-6-4-15(5-7-16)21-23-18-12-17(29-2)13-19(30-3)20(18)22(28)24-21;1-2/h4-7,12-13H,8-11H2,1-3H3,(H,23,24,28);1-2H3. The number of H-pyrrole nitrogens is 1. The molecule has 0 radical (unpaired) electrons. The SMILES string of the molecule is CC.COc1cc(OC)c2c(=O)[nH]c(-c3ccc(N4CCN(C(C)=O)CC4)cc3)nc2c1. The average molecular weight is 439 g/mol. The zero-order chi connectivity index (χ0) is 23.3. The Hall–Kier alpha value is -3.55. The molecule has 170 valence electrons. The number of carbonyl (C=O) groups is 1. The summed E-state index contributed by atoms with van der Waals surface area (Å²) in [4.78, 5) is 35.8. The number of aromatic nitrogens is 2. The Labute approximate surface area is 187 Å². The van der Waals surface area contributed by atoms with Gasteiger partial charge in [-0.05, 0) is 24.3 Å². The van der Waals surface area contributed by atoms with Gasteiger partial charge in [0.2, 0.25) is 5.91 Å². The van der Waals surface area contributed by atoms with Gasteiger partial charge in [-0.1, -0.05) is 13.8 Å². The van der Waals surface area contributed by atoms with E-state index < -0.39 is 0 Å². The van der Waals surface area contributed by atoms with Crippen LogP contribution in [0.4, 0.5) is 5.69 Å². The molecule has 0 aliphatic carbocycles. The van der Waals surface area contributed by atoms with Crippen LogP contribution in [0.25, 0.3) is 22.3 Å². The summed E-state index contributed by atoms with van der Waals surface area (Å²) in [5, 5.41) is 0.391. The van der Waals surface area contributed by atoms with E-state index in [4.69, 9.17) is 9.47 Å². The van der Waals surface area contributed by atoms with Gasteiger partial charge >= 0.3 is 0 Å². The van der Waals surface area contributed by atoms with E-state index in [0.29, 0.717) is 28.2 Å². The number of nitrogens with one attached hydrogen (secondary N) is 1. The van der Waals surface area contributed by atoms with Crippen molar-refractivity contribution in [2.24, 2.45) is 0 Å². The molecule has 0 bridgehead atoms. The minimum Gasteiger partial charge on any atom is -0.497 e. The fourth-order valence-electron chi connectivity index (χ4n) is 3.74. The number of ether oxygens (including phenoxy) is 2. The number of piperazine rings is 1. The molecule has 1 aliphatic rings. The molecule has 2 heterocycles. The molecule has 1 N–H and O–H groups in total. The lowest BCUT2D eigenvalue weighted by Crippen LogP contribution is -2.48. The number of nitrogens with zero attached hydrogens (tertiary/aromatic N) is 3. The molecule has 1 aromatic heterocycles. The highest BCUT2D eigenvalue weighted by Crippen LogP contribution is 2.29. The highest BCUT2D eigenvalue weighted by Gasteiger charge is 2.19. The van der Waals surface area contributed by atoms with E-state index in [-0.39, 0.29) is 11.5 Å². The zero-order valence-corrected chi connectivity index (χ0v) is 19.3. The summed E-state index contributed by atoms with van der Waals surface area (Å²) < 4.78 is 10.6. The van der Waals surface area contributed by atoms with Crippen LogP contribution < -0.4 is 19.9 Å². The topological polar surface area (TPSA) is 87.8 Å². The third kappa shape index (κ3) is 4.69. The first kappa shape index (κ1) is 23.1. The van der Waals surface area contributed by atoms with Gasteiger partial charge in [-0.3, -0.25) is 9.59 Å². The molecule has 8 heteroatoms. The van der Waals surface area contributed by atoms with Crippen molar-refractivity contribution in [2.45, 2.75) is 20.8 Å². The molecule has 0 atom stereocenters. The second-order valence-corrected chi connectivity index (χ2v) is 7.18. The van der Waals surface area contributed by atoms with Gasteiger partial charge in [-0.25, -0.2) is 4.98 Å². The second-order valence-electron chi connectivity index (χ2n) is 7.18. The van der Waals surface area contributed by atoms with Crippen molar-refractivity contribution in [3.05, 3.63) is 46.8 Å². The summed E-state index contributed by atoms with van der Waals surface area (Å²) in [5.41, 5.74) is 2.13. The van der Waals surface area contributed by atoms with E-state index in [1.165, 1.54) is 7.11 Å². The van der Waals surface area contributed by atoms with E-state index in [0.717, 1.165) is 37.4 Å². The molecule has 8 nitrogen and oxygen atoms in total. The predicted octanol–water partition coefficient (Wildman–Crippen LogP) is 3.30. The number of anilines is 1. The first-order valence-electron chi connectivity index (χ1n) is 10.8. The molecular weight excluding hydrogens is 408 g/mol. The maximum absolute atomic E-state index is 12.7. The summed E-state index contributed by atoms with van der Waals surface area (Å²) in [7, 11) is 3.07. The second kappa shape index (κ2) is 10.2. The Morgan fingerprint density at radius 2 is 1.66 bits per heavy atom. The molecule has 3 aromatic rings. The number of benzene rings is 2. The molecular formula is C24H30N4O4. The molecule has 1 fully saturated rings. The first-order chi connectivity index (χ1) is 15.5. The van der Waals surface area contributed by atoms with Crippen LogP contribution in [-0.4, -0.2) is 61.2 Å². The van der Waals surface area contributed by atoms with Gasteiger partial charge in [0.1, 0.15) is 22.7 Å². The fraction of sp³-hybridized carbons (Fsp3) is 0.375. The third-order valence-corrected chi connectivity index (χ3v) is 5.43. The third-order valence-electron chi connectivity index (χ3n) is 5.43. The summed E-state index contributed by atoms with van der Waals surface area (Å²) in [6.07, 6.45) is 0. The minimum atomic E-state index is -0.265. The highest BCUT2D eigenvalue weighted by atomic mass is 16.5. The van der Waals surface area contributed by atoms with Gasteiger partial charge in [0.15, 0.2) is 0 Å². The number of rotatable bonds is 4. The van der Waals surface area contributed by atoms with Crippen LogP contribution in [0.1, 0.15) is 20.8 Å². The van der Waals surface area contributed by atoms with E-state index in [1.54, 1.807) is 26.2 Å². The van der Waals surface area contributed by atoms with Crippen LogP contribution >= 0.6 is 0 Å². The summed E-state index contributed by atoms with van der Waals surface area (Å²) in [6.45, 7) is 8.64. The van der Waals surface area contributed by atoms with Crippen molar-refractivity contribution in [3.63, 3.8) is 0 Å². The number of aromatic amines is 1. The smallest absolute Gasteiger partial charge is 0.262 e. The maximum Gasteiger partial charge on any atom is 0.262 e. The molecule has 0 saturated carbocycles. The predicted molar refractivity (Wildman–Crippen MR) is 127 cm³/mol. The van der Waals surface area contributed by atoms with Crippen LogP contribution in [0.3, 0.4) is 0 Å². The van der Waals surface area contributed by atoms with Crippen molar-refractivity contribution >= 4 is 22.5 Å². The number of hydrogen-bond donors (Lipinski definition) is 1. The molecule has 1 aliphatic heterocycles. The summed E-state index contributed by atoms with van der Waals surface area (Å²) >= 11 is 0. The monoisotopic (exact) mass is 438 g/mol. The summed E-state index contributed by atoms with van der Waals surface area (Å²) in [6, 6.07) is 11.3. The lowest BCUT2D eigenvalue weighted by atomic mass is 10.1. The van der Waals surface area contributed by atoms with Crippen molar-refractivity contribution in [3.8, 4) is 22.9 Å². The van der Waals surface area contributed by atoms with Crippen LogP contribution in [0.2, 0.25) is 0 Å². The van der Waals surface area contributed by atoms with Gasteiger partial charge in [0.25, 0.3) is 5.56 Å². The summed E-state index contributed by atoms with van der Waals surface area (Å²) in [5.74, 6) is 1.59. The van der Waals surface area contributed by atoms with Crippen LogP contribution in [-0.2, 0) is 4.79 Å². The van der Waals surface area contributed by atoms with Gasteiger partial charge in [-0.2, -0.15) is 0 Å². The molecule has 1 saturated heterocycles. The van der Waals surface area contributed by atoms with Crippen LogP contribution in [0.5, 0.6) is 11.5 Å². The highest BCUT2D eigenvalue weighted by molar-refractivity contribution is 5.87. The van der Waals surface area contributed by atoms with Crippen LogP contribution in [0.15, 0.2) is 41.2 Å². The maximum atomic E-state index is 12.7. The first-order valence-corrected chi connectivity index (χ1v) is 10.8. The lowest BCUT2D eigenvalue weighted by Gasteiger charge is -2.35. The molecule has 0 unspecified atom stereocenters. The lowest BCUT2D eigenvalue weighted by molar-refractivity contribution is -0.129. The number of amides is 1. The molecule has 2 aromatic carbocycles. The number of fused-ring (bicyclic) bond motifs is 1. The molecule has 1 amide bonds. The van der Waals surface area contributed by atoms with Gasteiger partial charge in [-0.15, -0.1) is 0 Å².